The number of fused-ring (bicyclic) bond motifs is 2. The first-order chi connectivity index (χ1) is 27.3. The summed E-state index contributed by atoms with van der Waals surface area (Å²) < 4.78 is 52.8. The second kappa shape index (κ2) is 15.7. The second-order valence-corrected chi connectivity index (χ2v) is 13.2. The fourth-order valence-corrected chi connectivity index (χ4v) is 6.74. The number of phenols is 1. The van der Waals surface area contributed by atoms with E-state index >= 15 is 0 Å². The summed E-state index contributed by atoms with van der Waals surface area (Å²) in [5.74, 6) is -4.15. The molecule has 57 heavy (non-hydrogen) atoms. The number of benzene rings is 4. The van der Waals surface area contributed by atoms with E-state index in [0.717, 1.165) is 44.9 Å². The molecule has 3 heterocycles. The van der Waals surface area contributed by atoms with Crippen molar-refractivity contribution < 1.29 is 66.6 Å². The van der Waals surface area contributed by atoms with E-state index in [1.54, 1.807) is 18.2 Å². The topological polar surface area (TPSA) is 193 Å². The molecule has 2 aliphatic heterocycles. The summed E-state index contributed by atoms with van der Waals surface area (Å²) in [4.78, 5) is 61.9. The standard InChI is InChI=1S/C42H36O15/c1-22(43)49-21-36-38(50-23(2)44)39(51-24(3)45)40(52-25(4)46)41(55-36)53-29-18-30(47)37-31(48)20-33(54-35(37)19-29)26-15-16-32-34(17-26)57-42(56-32,27-11-7-5-8-12-27)28-13-9-6-10-14-28/h5-20,36,38-41,47H,21H2,1-4H3/t36-,38-,39+,40-,41-/m1/s1. The van der Waals surface area contributed by atoms with Crippen molar-refractivity contribution in [3.8, 4) is 34.3 Å². The molecule has 0 unspecified atom stereocenters. The number of phenolic OH excluding ortho intramolecular Hbond substituents is 1. The zero-order valence-corrected chi connectivity index (χ0v) is 31.0. The van der Waals surface area contributed by atoms with Crippen molar-refractivity contribution in [2.45, 2.75) is 64.2 Å². The van der Waals surface area contributed by atoms with Gasteiger partial charge < -0.3 is 47.4 Å². The number of carbonyl (C=O) groups is 4. The number of ether oxygens (including phenoxy) is 8. The average Bonchev–Trinajstić information content (AvgIpc) is 3.56. The lowest BCUT2D eigenvalue weighted by Gasteiger charge is -2.43. The number of rotatable bonds is 10. The summed E-state index contributed by atoms with van der Waals surface area (Å²) in [5.41, 5.74) is 1.28. The first-order valence-electron chi connectivity index (χ1n) is 17.7. The number of esters is 4. The lowest BCUT2D eigenvalue weighted by Crippen LogP contribution is -2.63. The Hall–Kier alpha value is -6.87. The molecule has 0 amide bonds. The smallest absolute Gasteiger partial charge is 0.305 e. The Balaban J connectivity index is 1.24. The molecule has 1 fully saturated rings. The van der Waals surface area contributed by atoms with Crippen LogP contribution in [0.3, 0.4) is 0 Å². The SMILES string of the molecule is CC(=O)OC[C@H]1O[C@@H](Oc2cc(O)c3c(=O)cc(-c4ccc5c(c4)OC(c4ccccc4)(c4ccccc4)O5)oc3c2)[C@H](OC(C)=O)[C@@H](OC(C)=O)[C@@H]1OC(C)=O. The van der Waals surface area contributed by atoms with Crippen molar-refractivity contribution in [3.63, 3.8) is 0 Å². The van der Waals surface area contributed by atoms with Crippen LogP contribution in [-0.4, -0.2) is 66.3 Å². The Morgan fingerprint density at radius 1 is 0.684 bits per heavy atom. The molecule has 7 rings (SSSR count). The van der Waals surface area contributed by atoms with Crippen molar-refractivity contribution in [1.29, 1.82) is 0 Å². The molecule has 1 saturated heterocycles. The van der Waals surface area contributed by atoms with E-state index in [9.17, 15) is 29.1 Å². The molecule has 5 atom stereocenters. The van der Waals surface area contributed by atoms with Crippen LogP contribution in [0.4, 0.5) is 0 Å². The van der Waals surface area contributed by atoms with Crippen LogP contribution in [0.1, 0.15) is 38.8 Å². The average molecular weight is 781 g/mol. The third-order valence-electron chi connectivity index (χ3n) is 9.03. The van der Waals surface area contributed by atoms with Crippen LogP contribution in [0.2, 0.25) is 0 Å². The zero-order valence-electron chi connectivity index (χ0n) is 31.0. The van der Waals surface area contributed by atoms with Crippen molar-refractivity contribution in [2.24, 2.45) is 0 Å². The summed E-state index contributed by atoms with van der Waals surface area (Å²) in [6, 6.07) is 27.6. The molecular formula is C42H36O15. The Morgan fingerprint density at radius 2 is 1.28 bits per heavy atom. The highest BCUT2D eigenvalue weighted by Crippen LogP contribution is 2.49. The maximum Gasteiger partial charge on any atom is 0.305 e. The van der Waals surface area contributed by atoms with Crippen LogP contribution in [0.25, 0.3) is 22.3 Å². The summed E-state index contributed by atoms with van der Waals surface area (Å²) in [6.07, 6.45) is -7.35. The van der Waals surface area contributed by atoms with Gasteiger partial charge in [0.2, 0.25) is 12.4 Å². The zero-order chi connectivity index (χ0) is 40.4. The predicted octanol–water partition coefficient (Wildman–Crippen LogP) is 5.30. The minimum absolute atomic E-state index is 0.0984. The normalized spacial score (nSPS) is 20.6. The summed E-state index contributed by atoms with van der Waals surface area (Å²) in [5, 5.41) is 10.9. The minimum Gasteiger partial charge on any atom is -0.507 e. The molecule has 0 saturated carbocycles. The van der Waals surface area contributed by atoms with Crippen LogP contribution in [0.15, 0.2) is 106 Å². The highest BCUT2D eigenvalue weighted by atomic mass is 16.7. The van der Waals surface area contributed by atoms with Gasteiger partial charge in [0.25, 0.3) is 0 Å². The van der Waals surface area contributed by atoms with Crippen LogP contribution in [-0.2, 0) is 48.6 Å². The van der Waals surface area contributed by atoms with E-state index in [1.165, 1.54) is 12.1 Å². The first-order valence-corrected chi connectivity index (χ1v) is 17.7. The van der Waals surface area contributed by atoms with Gasteiger partial charge in [0.15, 0.2) is 29.1 Å². The van der Waals surface area contributed by atoms with Gasteiger partial charge >= 0.3 is 29.7 Å². The van der Waals surface area contributed by atoms with E-state index in [0.29, 0.717) is 17.1 Å². The third-order valence-corrected chi connectivity index (χ3v) is 9.03. The van der Waals surface area contributed by atoms with Gasteiger partial charge in [-0.15, -0.1) is 0 Å². The van der Waals surface area contributed by atoms with E-state index in [4.69, 9.17) is 42.3 Å². The molecule has 2 aliphatic rings. The van der Waals surface area contributed by atoms with E-state index in [-0.39, 0.29) is 22.5 Å². The summed E-state index contributed by atoms with van der Waals surface area (Å²) >= 11 is 0. The number of aromatic hydroxyl groups is 1. The molecule has 0 bridgehead atoms. The fraction of sp³-hybridized carbons (Fsp3) is 0.262. The predicted molar refractivity (Wildman–Crippen MR) is 197 cm³/mol. The quantitative estimate of drug-likeness (QED) is 0.142. The highest BCUT2D eigenvalue weighted by molar-refractivity contribution is 5.86. The maximum absolute atomic E-state index is 13.5. The van der Waals surface area contributed by atoms with E-state index < -0.39 is 78.2 Å². The Labute approximate surface area is 324 Å². The van der Waals surface area contributed by atoms with Crippen LogP contribution < -0.4 is 19.6 Å². The molecule has 1 N–H and O–H groups in total. The lowest BCUT2D eigenvalue weighted by molar-refractivity contribution is -0.288. The number of hydrogen-bond donors (Lipinski definition) is 1. The third kappa shape index (κ3) is 7.95. The van der Waals surface area contributed by atoms with Gasteiger partial charge in [0.1, 0.15) is 40.9 Å². The molecule has 15 nitrogen and oxygen atoms in total. The van der Waals surface area contributed by atoms with Crippen LogP contribution in [0.5, 0.6) is 23.0 Å². The van der Waals surface area contributed by atoms with Gasteiger partial charge in [-0.1, -0.05) is 60.7 Å². The van der Waals surface area contributed by atoms with Crippen LogP contribution >= 0.6 is 0 Å². The molecule has 15 heteroatoms. The van der Waals surface area contributed by atoms with Gasteiger partial charge in [0.05, 0.1) is 0 Å². The van der Waals surface area contributed by atoms with Gasteiger partial charge in [0, 0.05) is 62.6 Å². The Bertz CT molecular complexity index is 2350. The van der Waals surface area contributed by atoms with E-state index in [1.807, 2.05) is 60.7 Å². The van der Waals surface area contributed by atoms with Crippen molar-refractivity contribution >= 4 is 34.8 Å². The molecular weight excluding hydrogens is 744 g/mol. The lowest BCUT2D eigenvalue weighted by atomic mass is 9.97. The number of carbonyl (C=O) groups excluding carboxylic acids is 4. The second-order valence-electron chi connectivity index (χ2n) is 13.2. The monoisotopic (exact) mass is 780 g/mol. The van der Waals surface area contributed by atoms with Crippen LogP contribution in [0, 0.1) is 0 Å². The largest absolute Gasteiger partial charge is 0.507 e. The minimum atomic E-state index is -1.61. The number of hydrogen-bond acceptors (Lipinski definition) is 15. The molecule has 0 aliphatic carbocycles. The molecule has 5 aromatic rings. The first kappa shape index (κ1) is 38.4. The van der Waals surface area contributed by atoms with Gasteiger partial charge in [-0.25, -0.2) is 0 Å². The van der Waals surface area contributed by atoms with Crippen molar-refractivity contribution in [1.82, 2.24) is 0 Å². The molecule has 4 aromatic carbocycles. The van der Waals surface area contributed by atoms with E-state index in [2.05, 4.69) is 0 Å². The van der Waals surface area contributed by atoms with Gasteiger partial charge in [-0.3, -0.25) is 24.0 Å². The van der Waals surface area contributed by atoms with Crippen molar-refractivity contribution in [2.75, 3.05) is 6.61 Å². The Kier molecular flexibility index (Phi) is 10.6. The van der Waals surface area contributed by atoms with Gasteiger partial charge in [-0.05, 0) is 18.2 Å². The fourth-order valence-electron chi connectivity index (χ4n) is 6.74. The van der Waals surface area contributed by atoms with Gasteiger partial charge in [-0.2, -0.15) is 0 Å². The van der Waals surface area contributed by atoms with Crippen molar-refractivity contribution in [3.05, 3.63) is 118 Å². The maximum atomic E-state index is 13.5. The summed E-state index contributed by atoms with van der Waals surface area (Å²) in [7, 11) is 0. The molecule has 1 aromatic heterocycles. The molecule has 0 spiro atoms. The Morgan fingerprint density at radius 3 is 1.89 bits per heavy atom. The molecule has 0 radical (unpaired) electrons. The summed E-state index contributed by atoms with van der Waals surface area (Å²) in [6.45, 7) is 3.95. The highest BCUT2D eigenvalue weighted by Gasteiger charge is 2.53. The molecule has 294 valence electrons.